The number of anilines is 1. The lowest BCUT2D eigenvalue weighted by molar-refractivity contribution is -0.119. The summed E-state index contributed by atoms with van der Waals surface area (Å²) in [4.78, 5) is 26.8. The van der Waals surface area contributed by atoms with Gasteiger partial charge in [0.2, 0.25) is 11.8 Å². The van der Waals surface area contributed by atoms with Gasteiger partial charge in [-0.1, -0.05) is 35.5 Å². The average molecular weight is 417 g/mol. The van der Waals surface area contributed by atoms with Crippen molar-refractivity contribution in [3.8, 4) is 0 Å². The number of rotatable bonds is 8. The minimum Gasteiger partial charge on any atom is -0.360 e. The van der Waals surface area contributed by atoms with Crippen LogP contribution in [0.15, 0.2) is 40.9 Å². The first kappa shape index (κ1) is 21.4. The van der Waals surface area contributed by atoms with Crippen molar-refractivity contribution in [1.82, 2.24) is 15.4 Å². The molecule has 156 valence electrons. The Balaban J connectivity index is 1.33. The van der Waals surface area contributed by atoms with Crippen molar-refractivity contribution in [2.75, 3.05) is 24.2 Å². The number of amides is 2. The molecule has 1 saturated heterocycles. The second kappa shape index (κ2) is 10.5. The number of nitrogens with zero attached hydrogens (tertiary/aromatic N) is 2. The smallest absolute Gasteiger partial charge is 0.238 e. The van der Waals surface area contributed by atoms with Crippen molar-refractivity contribution in [2.24, 2.45) is 0 Å². The maximum Gasteiger partial charge on any atom is 0.238 e. The van der Waals surface area contributed by atoms with E-state index in [0.29, 0.717) is 11.6 Å². The molecule has 29 heavy (non-hydrogen) atoms. The third kappa shape index (κ3) is 6.90. The van der Waals surface area contributed by atoms with E-state index in [2.05, 4.69) is 45.0 Å². The van der Waals surface area contributed by atoms with E-state index in [-0.39, 0.29) is 28.9 Å². The van der Waals surface area contributed by atoms with Crippen LogP contribution in [0.1, 0.15) is 31.1 Å². The van der Waals surface area contributed by atoms with E-state index in [4.69, 9.17) is 4.52 Å². The molecule has 0 saturated carbocycles. The molecule has 1 unspecified atom stereocenters. The van der Waals surface area contributed by atoms with Gasteiger partial charge in [-0.05, 0) is 32.3 Å². The summed E-state index contributed by atoms with van der Waals surface area (Å²) in [6.07, 6.45) is 1.90. The maximum absolute atomic E-state index is 12.3. The lowest BCUT2D eigenvalue weighted by Crippen LogP contribution is -2.45. The Kier molecular flexibility index (Phi) is 7.71. The maximum atomic E-state index is 12.3. The minimum atomic E-state index is -0.356. The number of aromatic nitrogens is 1. The van der Waals surface area contributed by atoms with E-state index < -0.39 is 0 Å². The molecule has 1 aliphatic heterocycles. The highest BCUT2D eigenvalue weighted by molar-refractivity contribution is 8.01. The van der Waals surface area contributed by atoms with Crippen LogP contribution in [0, 0.1) is 6.92 Å². The molecule has 8 heteroatoms. The van der Waals surface area contributed by atoms with Crippen LogP contribution in [-0.4, -0.2) is 52.0 Å². The van der Waals surface area contributed by atoms with Crippen LogP contribution in [-0.2, 0) is 16.1 Å². The molecule has 7 nitrogen and oxygen atoms in total. The molecule has 2 aromatic rings. The van der Waals surface area contributed by atoms with Gasteiger partial charge < -0.3 is 15.2 Å². The van der Waals surface area contributed by atoms with Gasteiger partial charge in [-0.15, -0.1) is 11.8 Å². The van der Waals surface area contributed by atoms with E-state index in [0.717, 1.165) is 32.5 Å². The molecule has 1 atom stereocenters. The number of hydrogen-bond acceptors (Lipinski definition) is 6. The fourth-order valence-corrected chi connectivity index (χ4v) is 3.97. The van der Waals surface area contributed by atoms with Gasteiger partial charge in [-0.25, -0.2) is 0 Å². The summed E-state index contributed by atoms with van der Waals surface area (Å²) < 4.78 is 4.93. The topological polar surface area (TPSA) is 87.5 Å². The summed E-state index contributed by atoms with van der Waals surface area (Å²) >= 11 is 1.32. The molecule has 2 N–H and O–H groups in total. The summed E-state index contributed by atoms with van der Waals surface area (Å²) in [7, 11) is 0. The molecule has 1 aromatic carbocycles. The number of piperidine rings is 1. The van der Waals surface area contributed by atoms with Crippen LogP contribution in [0.2, 0.25) is 0 Å². The average Bonchev–Trinajstić information content (AvgIpc) is 3.13. The first-order chi connectivity index (χ1) is 14.0. The first-order valence-corrected chi connectivity index (χ1v) is 11.0. The summed E-state index contributed by atoms with van der Waals surface area (Å²) in [5.41, 5.74) is 1.32. The van der Waals surface area contributed by atoms with E-state index in [1.807, 2.05) is 6.07 Å². The second-order valence-corrected chi connectivity index (χ2v) is 8.70. The van der Waals surface area contributed by atoms with E-state index in [1.165, 1.54) is 17.3 Å². The lowest BCUT2D eigenvalue weighted by Gasteiger charge is -2.32. The summed E-state index contributed by atoms with van der Waals surface area (Å²) in [6, 6.07) is 12.3. The second-order valence-electron chi connectivity index (χ2n) is 7.37. The van der Waals surface area contributed by atoms with Crippen molar-refractivity contribution >= 4 is 29.4 Å². The molecule has 3 rings (SSSR count). The van der Waals surface area contributed by atoms with E-state index in [9.17, 15) is 9.59 Å². The van der Waals surface area contributed by atoms with Gasteiger partial charge in [0, 0.05) is 31.7 Å². The number of thioether (sulfide) groups is 1. The quantitative estimate of drug-likeness (QED) is 0.688. The van der Waals surface area contributed by atoms with Crippen LogP contribution in [0.25, 0.3) is 0 Å². The third-order valence-corrected chi connectivity index (χ3v) is 6.06. The molecular weight excluding hydrogens is 388 g/mol. The first-order valence-electron chi connectivity index (χ1n) is 9.91. The van der Waals surface area contributed by atoms with Crippen molar-refractivity contribution in [3.05, 3.63) is 47.7 Å². The van der Waals surface area contributed by atoms with E-state index in [1.54, 1.807) is 19.9 Å². The molecule has 1 aromatic heterocycles. The zero-order valence-electron chi connectivity index (χ0n) is 16.9. The molecule has 2 heterocycles. The van der Waals surface area contributed by atoms with Crippen LogP contribution >= 0.6 is 11.8 Å². The Morgan fingerprint density at radius 3 is 2.66 bits per heavy atom. The van der Waals surface area contributed by atoms with Crippen LogP contribution in [0.4, 0.5) is 5.82 Å². The van der Waals surface area contributed by atoms with Gasteiger partial charge in [0.25, 0.3) is 0 Å². The number of hydrogen-bond donors (Lipinski definition) is 2. The summed E-state index contributed by atoms with van der Waals surface area (Å²) in [5, 5.41) is 9.18. The van der Waals surface area contributed by atoms with Gasteiger partial charge in [-0.3, -0.25) is 14.5 Å². The van der Waals surface area contributed by atoms with Crippen molar-refractivity contribution in [1.29, 1.82) is 0 Å². The third-order valence-electron chi connectivity index (χ3n) is 4.91. The normalized spacial score (nSPS) is 16.3. The zero-order valence-corrected chi connectivity index (χ0v) is 17.7. The van der Waals surface area contributed by atoms with Gasteiger partial charge in [0.15, 0.2) is 5.82 Å². The summed E-state index contributed by atoms with van der Waals surface area (Å²) in [5.74, 6) is 1.08. The van der Waals surface area contributed by atoms with Crippen molar-refractivity contribution in [2.45, 2.75) is 44.5 Å². The molecule has 0 bridgehead atoms. The SMILES string of the molecule is Cc1cc(NC(=O)C(C)SCC(=O)NC2CCN(Cc3ccccc3)CC2)no1. The molecule has 1 aliphatic rings. The Bertz CT molecular complexity index is 803. The molecule has 1 fully saturated rings. The molecule has 0 radical (unpaired) electrons. The highest BCUT2D eigenvalue weighted by atomic mass is 32.2. The molecule has 2 amide bonds. The van der Waals surface area contributed by atoms with Gasteiger partial charge in [0.1, 0.15) is 5.76 Å². The van der Waals surface area contributed by atoms with Crippen LogP contribution in [0.5, 0.6) is 0 Å². The minimum absolute atomic E-state index is 0.0200. The van der Waals surface area contributed by atoms with Gasteiger partial charge in [0.05, 0.1) is 11.0 Å². The summed E-state index contributed by atoms with van der Waals surface area (Å²) in [6.45, 7) is 6.44. The predicted octanol–water partition coefficient (Wildman–Crippen LogP) is 2.82. The van der Waals surface area contributed by atoms with Crippen LogP contribution < -0.4 is 10.6 Å². The Morgan fingerprint density at radius 1 is 1.28 bits per heavy atom. The standard InChI is InChI=1S/C21H28N4O3S/c1-15-12-19(24-28-15)23-21(27)16(2)29-14-20(26)22-18-8-10-25(11-9-18)13-17-6-4-3-5-7-17/h3-7,12,16,18H,8-11,13-14H2,1-2H3,(H,22,26)(H,23,24,27). The number of carbonyl (C=O) groups is 2. The Labute approximate surface area is 175 Å². The van der Waals surface area contributed by atoms with Crippen LogP contribution in [0.3, 0.4) is 0 Å². The zero-order chi connectivity index (χ0) is 20.6. The predicted molar refractivity (Wildman–Crippen MR) is 115 cm³/mol. The lowest BCUT2D eigenvalue weighted by atomic mass is 10.0. The fraction of sp³-hybridized carbons (Fsp3) is 0.476. The van der Waals surface area contributed by atoms with Gasteiger partial charge >= 0.3 is 0 Å². The fourth-order valence-electron chi connectivity index (χ4n) is 3.28. The number of likely N-dealkylation sites (tertiary alicyclic amines) is 1. The highest BCUT2D eigenvalue weighted by Crippen LogP contribution is 2.16. The molecule has 0 spiro atoms. The van der Waals surface area contributed by atoms with Crippen molar-refractivity contribution < 1.29 is 14.1 Å². The monoisotopic (exact) mass is 416 g/mol. The number of carbonyl (C=O) groups excluding carboxylic acids is 2. The Hall–Kier alpha value is -2.32. The number of nitrogens with one attached hydrogen (secondary N) is 2. The Morgan fingerprint density at radius 2 is 2.00 bits per heavy atom. The highest BCUT2D eigenvalue weighted by Gasteiger charge is 2.22. The largest absolute Gasteiger partial charge is 0.360 e. The van der Waals surface area contributed by atoms with E-state index >= 15 is 0 Å². The van der Waals surface area contributed by atoms with Gasteiger partial charge in [-0.2, -0.15) is 0 Å². The molecule has 0 aliphatic carbocycles. The molecular formula is C21H28N4O3S. The van der Waals surface area contributed by atoms with Crippen molar-refractivity contribution in [3.63, 3.8) is 0 Å². The number of aryl methyl sites for hydroxylation is 1. The number of benzene rings is 1.